The molecule has 4 nitrogen and oxygen atoms in total. The van der Waals surface area contributed by atoms with Crippen molar-refractivity contribution in [3.05, 3.63) is 83.1 Å². The minimum atomic E-state index is -0.256. The maximum atomic E-state index is 12.3. The molecule has 0 saturated carbocycles. The molecule has 0 atom stereocenters. The summed E-state index contributed by atoms with van der Waals surface area (Å²) in [5, 5.41) is 6.69. The molecule has 2 aromatic carbocycles. The van der Waals surface area contributed by atoms with E-state index in [9.17, 15) is 4.79 Å². The Morgan fingerprint density at radius 1 is 0.958 bits per heavy atom. The van der Waals surface area contributed by atoms with E-state index in [0.717, 1.165) is 22.6 Å². The third kappa shape index (κ3) is 4.12. The molecule has 0 bridgehead atoms. The molecule has 2 N–H and O–H groups in total. The van der Waals surface area contributed by atoms with Crippen LogP contribution in [-0.2, 0) is 0 Å². The summed E-state index contributed by atoms with van der Waals surface area (Å²) in [6.45, 7) is 2.00. The number of hydrogen-bond donors (Lipinski definition) is 2. The molecular formula is C19H16ClN3O. The second-order valence-electron chi connectivity index (χ2n) is 5.39. The predicted octanol–water partition coefficient (Wildman–Crippen LogP) is 5.04. The zero-order valence-electron chi connectivity index (χ0n) is 13.1. The van der Waals surface area contributed by atoms with Gasteiger partial charge in [-0.2, -0.15) is 0 Å². The monoisotopic (exact) mass is 337 g/mol. The van der Waals surface area contributed by atoms with Crippen molar-refractivity contribution in [3.63, 3.8) is 0 Å². The van der Waals surface area contributed by atoms with E-state index in [0.29, 0.717) is 10.7 Å². The Kier molecular flexibility index (Phi) is 4.77. The first-order valence-electron chi connectivity index (χ1n) is 7.47. The van der Waals surface area contributed by atoms with Crippen LogP contribution in [0.25, 0.3) is 0 Å². The number of aromatic nitrogens is 1. The van der Waals surface area contributed by atoms with E-state index in [-0.39, 0.29) is 5.91 Å². The van der Waals surface area contributed by atoms with E-state index >= 15 is 0 Å². The van der Waals surface area contributed by atoms with Gasteiger partial charge in [-0.1, -0.05) is 35.4 Å². The van der Waals surface area contributed by atoms with Gasteiger partial charge in [0.25, 0.3) is 5.91 Å². The lowest BCUT2D eigenvalue weighted by Gasteiger charge is -2.09. The quantitative estimate of drug-likeness (QED) is 0.701. The number of rotatable bonds is 4. The number of nitrogens with zero attached hydrogens (tertiary/aromatic N) is 1. The molecule has 0 unspecified atom stereocenters. The van der Waals surface area contributed by atoms with Crippen LogP contribution in [0, 0.1) is 6.92 Å². The largest absolute Gasteiger partial charge is 0.355 e. The molecule has 0 radical (unpaired) electrons. The SMILES string of the molecule is Cc1ccc(NC(=O)c2cc(Nc3cccc(Cl)c3)ccn2)cc1. The number of nitrogens with one attached hydrogen (secondary N) is 2. The summed E-state index contributed by atoms with van der Waals surface area (Å²) in [4.78, 5) is 16.5. The molecule has 0 spiro atoms. The van der Waals surface area contributed by atoms with Crippen LogP contribution < -0.4 is 10.6 Å². The molecule has 5 heteroatoms. The number of pyridine rings is 1. The third-order valence-corrected chi connectivity index (χ3v) is 3.65. The minimum absolute atomic E-state index is 0.256. The number of aryl methyl sites for hydroxylation is 1. The van der Waals surface area contributed by atoms with Gasteiger partial charge in [0.2, 0.25) is 0 Å². The first-order valence-corrected chi connectivity index (χ1v) is 7.84. The van der Waals surface area contributed by atoms with Gasteiger partial charge in [-0.25, -0.2) is 0 Å². The zero-order chi connectivity index (χ0) is 16.9. The number of carbonyl (C=O) groups excluding carboxylic acids is 1. The Hall–Kier alpha value is -2.85. The number of anilines is 3. The van der Waals surface area contributed by atoms with Gasteiger partial charge >= 0.3 is 0 Å². The van der Waals surface area contributed by atoms with Crippen molar-refractivity contribution in [3.8, 4) is 0 Å². The van der Waals surface area contributed by atoms with Gasteiger partial charge in [0.15, 0.2) is 0 Å². The molecule has 3 rings (SSSR count). The van der Waals surface area contributed by atoms with Crippen molar-refractivity contribution in [1.82, 2.24) is 4.98 Å². The maximum Gasteiger partial charge on any atom is 0.274 e. The normalized spacial score (nSPS) is 10.2. The van der Waals surface area contributed by atoms with Gasteiger partial charge in [-0.15, -0.1) is 0 Å². The summed E-state index contributed by atoms with van der Waals surface area (Å²) in [7, 11) is 0. The zero-order valence-corrected chi connectivity index (χ0v) is 13.8. The van der Waals surface area contributed by atoms with Crippen LogP contribution in [0.2, 0.25) is 5.02 Å². The highest BCUT2D eigenvalue weighted by molar-refractivity contribution is 6.30. The van der Waals surface area contributed by atoms with Crippen molar-refractivity contribution in [2.45, 2.75) is 6.92 Å². The summed E-state index contributed by atoms with van der Waals surface area (Å²) in [6, 6.07) is 18.5. The average molecular weight is 338 g/mol. The Bertz CT molecular complexity index is 862. The van der Waals surface area contributed by atoms with Crippen LogP contribution >= 0.6 is 11.6 Å². The molecule has 0 aliphatic rings. The smallest absolute Gasteiger partial charge is 0.274 e. The molecule has 3 aromatic rings. The second-order valence-corrected chi connectivity index (χ2v) is 5.82. The Labute approximate surface area is 145 Å². The van der Waals surface area contributed by atoms with Crippen LogP contribution in [-0.4, -0.2) is 10.9 Å². The van der Waals surface area contributed by atoms with Crippen LogP contribution in [0.1, 0.15) is 16.1 Å². The van der Waals surface area contributed by atoms with Crippen molar-refractivity contribution >= 4 is 34.6 Å². The van der Waals surface area contributed by atoms with Crippen LogP contribution in [0.15, 0.2) is 66.9 Å². The molecule has 1 heterocycles. The average Bonchev–Trinajstić information content (AvgIpc) is 2.57. The number of benzene rings is 2. The van der Waals surface area contributed by atoms with Crippen LogP contribution in [0.4, 0.5) is 17.1 Å². The molecule has 0 aliphatic heterocycles. The van der Waals surface area contributed by atoms with Crippen molar-refractivity contribution < 1.29 is 4.79 Å². The van der Waals surface area contributed by atoms with E-state index in [1.165, 1.54) is 0 Å². The number of hydrogen-bond acceptors (Lipinski definition) is 3. The van der Waals surface area contributed by atoms with E-state index in [1.54, 1.807) is 24.4 Å². The Balaban J connectivity index is 1.74. The summed E-state index contributed by atoms with van der Waals surface area (Å²) in [5.41, 5.74) is 3.82. The minimum Gasteiger partial charge on any atom is -0.355 e. The van der Waals surface area contributed by atoms with Crippen molar-refractivity contribution in [1.29, 1.82) is 0 Å². The van der Waals surface area contributed by atoms with Crippen molar-refractivity contribution in [2.75, 3.05) is 10.6 Å². The number of amides is 1. The highest BCUT2D eigenvalue weighted by atomic mass is 35.5. The van der Waals surface area contributed by atoms with E-state index in [4.69, 9.17) is 11.6 Å². The second kappa shape index (κ2) is 7.15. The van der Waals surface area contributed by atoms with Crippen LogP contribution in [0.5, 0.6) is 0 Å². The lowest BCUT2D eigenvalue weighted by Crippen LogP contribution is -2.13. The highest BCUT2D eigenvalue weighted by Gasteiger charge is 2.08. The summed E-state index contributed by atoms with van der Waals surface area (Å²) >= 11 is 5.98. The summed E-state index contributed by atoms with van der Waals surface area (Å²) < 4.78 is 0. The topological polar surface area (TPSA) is 54.0 Å². The summed E-state index contributed by atoms with van der Waals surface area (Å²) in [6.07, 6.45) is 1.59. The van der Waals surface area contributed by atoms with Crippen molar-refractivity contribution in [2.24, 2.45) is 0 Å². The fourth-order valence-corrected chi connectivity index (χ4v) is 2.39. The molecule has 120 valence electrons. The van der Waals surface area contributed by atoms with Gasteiger partial charge in [-0.3, -0.25) is 9.78 Å². The fourth-order valence-electron chi connectivity index (χ4n) is 2.20. The number of halogens is 1. The van der Waals surface area contributed by atoms with Gasteiger partial charge < -0.3 is 10.6 Å². The molecular weight excluding hydrogens is 322 g/mol. The standard InChI is InChI=1S/C19H16ClN3O/c1-13-5-7-15(8-6-13)23-19(24)18-12-17(9-10-21-18)22-16-4-2-3-14(20)11-16/h2-12H,1H3,(H,21,22)(H,23,24). The molecule has 0 saturated heterocycles. The van der Waals surface area contributed by atoms with E-state index in [2.05, 4.69) is 15.6 Å². The van der Waals surface area contributed by atoms with Gasteiger partial charge in [-0.05, 0) is 49.4 Å². The first kappa shape index (κ1) is 16.0. The predicted molar refractivity (Wildman–Crippen MR) is 98.1 cm³/mol. The molecule has 24 heavy (non-hydrogen) atoms. The van der Waals surface area contributed by atoms with Crippen LogP contribution in [0.3, 0.4) is 0 Å². The molecule has 0 fully saturated rings. The maximum absolute atomic E-state index is 12.3. The van der Waals surface area contributed by atoms with Gasteiger partial charge in [0.1, 0.15) is 5.69 Å². The molecule has 1 amide bonds. The lowest BCUT2D eigenvalue weighted by molar-refractivity contribution is 0.102. The fraction of sp³-hybridized carbons (Fsp3) is 0.0526. The lowest BCUT2D eigenvalue weighted by atomic mass is 10.2. The Morgan fingerprint density at radius 3 is 2.46 bits per heavy atom. The molecule has 0 aliphatic carbocycles. The van der Waals surface area contributed by atoms with E-state index < -0.39 is 0 Å². The Morgan fingerprint density at radius 2 is 1.71 bits per heavy atom. The third-order valence-electron chi connectivity index (χ3n) is 3.42. The van der Waals surface area contributed by atoms with E-state index in [1.807, 2.05) is 49.4 Å². The van der Waals surface area contributed by atoms with Gasteiger partial charge in [0, 0.05) is 28.3 Å². The first-order chi connectivity index (χ1) is 11.6. The number of carbonyl (C=O) groups is 1. The highest BCUT2D eigenvalue weighted by Crippen LogP contribution is 2.20. The molecule has 1 aromatic heterocycles. The van der Waals surface area contributed by atoms with Gasteiger partial charge in [0.05, 0.1) is 0 Å². The summed E-state index contributed by atoms with van der Waals surface area (Å²) in [5.74, 6) is -0.256.